The number of benzene rings is 1. The highest BCUT2D eigenvalue weighted by atomic mass is 16.2. The van der Waals surface area contributed by atoms with Crippen molar-refractivity contribution < 1.29 is 14.4 Å². The van der Waals surface area contributed by atoms with Crippen LogP contribution in [0.3, 0.4) is 0 Å². The molecule has 3 N–H and O–H groups in total. The molecular weight excluding hydrogens is 310 g/mol. The van der Waals surface area contributed by atoms with E-state index in [9.17, 15) is 14.4 Å². The Kier molecular flexibility index (Phi) is 5.73. The third-order valence-electron chi connectivity index (χ3n) is 2.73. The van der Waals surface area contributed by atoms with E-state index >= 15 is 0 Å². The Morgan fingerprint density at radius 2 is 1.67 bits per heavy atom. The van der Waals surface area contributed by atoms with Crippen molar-refractivity contribution in [2.24, 2.45) is 5.10 Å². The van der Waals surface area contributed by atoms with Crippen LogP contribution < -0.4 is 16.1 Å². The van der Waals surface area contributed by atoms with E-state index in [1.165, 1.54) is 13.1 Å². The van der Waals surface area contributed by atoms with Gasteiger partial charge >= 0.3 is 11.8 Å². The van der Waals surface area contributed by atoms with Crippen LogP contribution in [-0.2, 0) is 14.4 Å². The number of nitrogens with one attached hydrogen (secondary N) is 3. The minimum atomic E-state index is -0.902. The van der Waals surface area contributed by atoms with Gasteiger partial charge in [-0.1, -0.05) is 6.07 Å². The fraction of sp³-hybridized carbons (Fsp3) is 0.0625. The Hall–Kier alpha value is -3.55. The number of nitrogens with zero attached hydrogens (tertiary/aromatic N) is 2. The van der Waals surface area contributed by atoms with Gasteiger partial charge in [-0.15, -0.1) is 0 Å². The van der Waals surface area contributed by atoms with E-state index in [2.05, 4.69) is 26.1 Å². The highest BCUT2D eigenvalue weighted by Gasteiger charge is 2.12. The maximum atomic E-state index is 11.7. The number of rotatable bonds is 4. The lowest BCUT2D eigenvalue weighted by Crippen LogP contribution is -2.32. The van der Waals surface area contributed by atoms with Gasteiger partial charge in [-0.3, -0.25) is 19.4 Å². The van der Waals surface area contributed by atoms with Gasteiger partial charge in [0.05, 0.1) is 6.21 Å². The van der Waals surface area contributed by atoms with Crippen molar-refractivity contribution in [1.29, 1.82) is 0 Å². The lowest BCUT2D eigenvalue weighted by Gasteiger charge is -2.06. The van der Waals surface area contributed by atoms with E-state index in [-0.39, 0.29) is 5.91 Å². The van der Waals surface area contributed by atoms with E-state index in [1.54, 1.807) is 48.8 Å². The number of hydrazone groups is 1. The van der Waals surface area contributed by atoms with Crippen molar-refractivity contribution >= 4 is 35.3 Å². The Labute approximate surface area is 138 Å². The monoisotopic (exact) mass is 325 g/mol. The summed E-state index contributed by atoms with van der Waals surface area (Å²) in [5, 5.41) is 8.70. The Morgan fingerprint density at radius 1 is 1.00 bits per heavy atom. The zero-order valence-electron chi connectivity index (χ0n) is 12.8. The summed E-state index contributed by atoms with van der Waals surface area (Å²) in [6, 6.07) is 9.82. The molecule has 8 heteroatoms. The molecule has 0 aliphatic carbocycles. The minimum Gasteiger partial charge on any atom is -0.326 e. The van der Waals surface area contributed by atoms with Crippen LogP contribution in [0.4, 0.5) is 11.4 Å². The highest BCUT2D eigenvalue weighted by Crippen LogP contribution is 2.13. The molecule has 1 aromatic carbocycles. The summed E-state index contributed by atoms with van der Waals surface area (Å²) >= 11 is 0. The molecule has 0 spiro atoms. The summed E-state index contributed by atoms with van der Waals surface area (Å²) in [7, 11) is 0. The van der Waals surface area contributed by atoms with E-state index in [4.69, 9.17) is 0 Å². The number of aromatic nitrogens is 1. The molecule has 0 radical (unpaired) electrons. The summed E-state index contributed by atoms with van der Waals surface area (Å²) in [4.78, 5) is 38.2. The van der Waals surface area contributed by atoms with Gasteiger partial charge in [-0.05, 0) is 30.3 Å². The first kappa shape index (κ1) is 16.8. The summed E-state index contributed by atoms with van der Waals surface area (Å²) in [5.74, 6) is -1.95. The number of pyridine rings is 1. The zero-order valence-corrected chi connectivity index (χ0v) is 12.8. The molecule has 24 heavy (non-hydrogen) atoms. The first-order chi connectivity index (χ1) is 11.5. The van der Waals surface area contributed by atoms with Crippen molar-refractivity contribution in [2.45, 2.75) is 6.92 Å². The average molecular weight is 325 g/mol. The quantitative estimate of drug-likeness (QED) is 0.444. The number of carbonyl (C=O) groups excluding carboxylic acids is 3. The molecule has 122 valence electrons. The molecule has 2 rings (SSSR count). The maximum Gasteiger partial charge on any atom is 0.329 e. The molecule has 0 aliphatic rings. The van der Waals surface area contributed by atoms with Crippen molar-refractivity contribution in [2.75, 3.05) is 10.6 Å². The topological polar surface area (TPSA) is 113 Å². The van der Waals surface area contributed by atoms with Crippen LogP contribution in [0, 0.1) is 0 Å². The summed E-state index contributed by atoms with van der Waals surface area (Å²) in [6.07, 6.45) is 4.55. The molecule has 0 saturated carbocycles. The van der Waals surface area contributed by atoms with Crippen molar-refractivity contribution in [3.05, 3.63) is 54.4 Å². The van der Waals surface area contributed by atoms with E-state index in [0.29, 0.717) is 16.9 Å². The molecule has 8 nitrogen and oxygen atoms in total. The third-order valence-corrected chi connectivity index (χ3v) is 2.73. The first-order valence-electron chi connectivity index (χ1n) is 6.96. The van der Waals surface area contributed by atoms with Crippen molar-refractivity contribution in [3.63, 3.8) is 0 Å². The summed E-state index contributed by atoms with van der Waals surface area (Å²) < 4.78 is 0. The molecule has 3 amide bonds. The summed E-state index contributed by atoms with van der Waals surface area (Å²) in [5.41, 5.74) is 3.82. The molecule has 2 aromatic rings. The second kappa shape index (κ2) is 8.18. The largest absolute Gasteiger partial charge is 0.329 e. The van der Waals surface area contributed by atoms with Gasteiger partial charge in [0, 0.05) is 36.3 Å². The summed E-state index contributed by atoms with van der Waals surface area (Å²) in [6.45, 7) is 1.39. The molecule has 0 unspecified atom stereocenters. The second-order valence-corrected chi connectivity index (χ2v) is 4.70. The fourth-order valence-corrected chi connectivity index (χ4v) is 1.70. The minimum absolute atomic E-state index is 0.197. The predicted molar refractivity (Wildman–Crippen MR) is 89.3 cm³/mol. The number of hydrogen-bond donors (Lipinski definition) is 3. The fourth-order valence-electron chi connectivity index (χ4n) is 1.70. The number of hydrogen-bond acceptors (Lipinski definition) is 5. The molecule has 1 heterocycles. The van der Waals surface area contributed by atoms with Crippen LogP contribution >= 0.6 is 0 Å². The van der Waals surface area contributed by atoms with E-state index in [0.717, 1.165) is 0 Å². The Bertz CT molecular complexity index is 757. The van der Waals surface area contributed by atoms with Crippen LogP contribution in [0.25, 0.3) is 0 Å². The van der Waals surface area contributed by atoms with Crippen molar-refractivity contribution in [3.8, 4) is 0 Å². The number of anilines is 2. The van der Waals surface area contributed by atoms with Gasteiger partial charge in [0.25, 0.3) is 0 Å². The third kappa shape index (κ3) is 5.34. The van der Waals surface area contributed by atoms with Crippen LogP contribution in [0.1, 0.15) is 12.5 Å². The van der Waals surface area contributed by atoms with Gasteiger partial charge in [0.15, 0.2) is 0 Å². The van der Waals surface area contributed by atoms with Crippen LogP contribution in [-0.4, -0.2) is 28.9 Å². The smallest absolute Gasteiger partial charge is 0.326 e. The second-order valence-electron chi connectivity index (χ2n) is 4.70. The Morgan fingerprint density at radius 3 is 2.25 bits per heavy atom. The molecule has 0 aliphatic heterocycles. The SMILES string of the molecule is CC(=O)Nc1ccc(NC(=O)C(=O)N/N=C/c2cccnc2)cc1. The lowest BCUT2D eigenvalue weighted by atomic mass is 10.2. The average Bonchev–Trinajstić information content (AvgIpc) is 2.57. The normalized spacial score (nSPS) is 10.2. The van der Waals surface area contributed by atoms with Crippen molar-refractivity contribution in [1.82, 2.24) is 10.4 Å². The predicted octanol–water partition coefficient (Wildman–Crippen LogP) is 1.13. The Balaban J connectivity index is 1.86. The van der Waals surface area contributed by atoms with Gasteiger partial charge in [0.2, 0.25) is 5.91 Å². The van der Waals surface area contributed by atoms with Gasteiger partial charge in [-0.2, -0.15) is 5.10 Å². The van der Waals surface area contributed by atoms with Crippen LogP contribution in [0.2, 0.25) is 0 Å². The van der Waals surface area contributed by atoms with Gasteiger partial charge in [0.1, 0.15) is 0 Å². The molecular formula is C16H15N5O3. The van der Waals surface area contributed by atoms with E-state index < -0.39 is 11.8 Å². The van der Waals surface area contributed by atoms with Gasteiger partial charge < -0.3 is 10.6 Å². The zero-order chi connectivity index (χ0) is 17.4. The lowest BCUT2D eigenvalue weighted by molar-refractivity contribution is -0.136. The molecule has 0 atom stereocenters. The molecule has 0 saturated heterocycles. The molecule has 0 bridgehead atoms. The van der Waals surface area contributed by atoms with Crippen LogP contribution in [0.5, 0.6) is 0 Å². The first-order valence-corrected chi connectivity index (χ1v) is 6.96. The standard InChI is InChI=1S/C16H15N5O3/c1-11(22)19-13-4-6-14(7-5-13)20-15(23)16(24)21-18-10-12-3-2-8-17-9-12/h2-10H,1H3,(H,19,22)(H,20,23)(H,21,24)/b18-10+. The molecule has 1 aromatic heterocycles. The number of amides is 3. The van der Waals surface area contributed by atoms with Crippen LogP contribution in [0.15, 0.2) is 53.9 Å². The van der Waals surface area contributed by atoms with E-state index in [1.807, 2.05) is 0 Å². The molecule has 0 fully saturated rings. The number of carbonyl (C=O) groups is 3. The highest BCUT2D eigenvalue weighted by molar-refractivity contribution is 6.39. The maximum absolute atomic E-state index is 11.7. The van der Waals surface area contributed by atoms with Gasteiger partial charge in [-0.25, -0.2) is 5.43 Å².